The van der Waals surface area contributed by atoms with Crippen LogP contribution >= 0.6 is 11.6 Å². The van der Waals surface area contributed by atoms with E-state index in [0.717, 1.165) is 16.9 Å². The summed E-state index contributed by atoms with van der Waals surface area (Å²) in [6, 6.07) is 11.3. The number of hydrogen-bond donors (Lipinski definition) is 3. The van der Waals surface area contributed by atoms with Crippen LogP contribution in [-0.2, 0) is 4.79 Å². The number of aryl methyl sites for hydroxylation is 1. The molecule has 27 heavy (non-hydrogen) atoms. The highest BCUT2D eigenvalue weighted by atomic mass is 35.5. The Morgan fingerprint density at radius 2 is 1.78 bits per heavy atom. The Labute approximate surface area is 160 Å². The summed E-state index contributed by atoms with van der Waals surface area (Å²) in [7, 11) is 0. The summed E-state index contributed by atoms with van der Waals surface area (Å²) in [6.45, 7) is 3.35. The van der Waals surface area contributed by atoms with E-state index >= 15 is 0 Å². The highest BCUT2D eigenvalue weighted by Crippen LogP contribution is 2.26. The quantitative estimate of drug-likeness (QED) is 0.574. The fourth-order valence-corrected chi connectivity index (χ4v) is 2.52. The minimum atomic E-state index is -0.324. The molecule has 138 valence electrons. The molecule has 3 aromatic rings. The number of rotatable bonds is 5. The molecule has 2 aromatic carbocycles. The summed E-state index contributed by atoms with van der Waals surface area (Å²) in [5.41, 5.74) is 3.05. The molecule has 0 saturated heterocycles. The van der Waals surface area contributed by atoms with Crippen molar-refractivity contribution >= 4 is 46.3 Å². The van der Waals surface area contributed by atoms with Crippen LogP contribution in [0.3, 0.4) is 0 Å². The molecule has 0 atom stereocenters. The van der Waals surface area contributed by atoms with Gasteiger partial charge in [0.1, 0.15) is 10.8 Å². The number of anilines is 5. The van der Waals surface area contributed by atoms with Gasteiger partial charge in [0.2, 0.25) is 11.9 Å². The Kier molecular flexibility index (Phi) is 5.52. The summed E-state index contributed by atoms with van der Waals surface area (Å²) in [6.07, 6.45) is 1.47. The van der Waals surface area contributed by atoms with Crippen LogP contribution in [0.5, 0.6) is 0 Å². The molecule has 0 aliphatic heterocycles. The van der Waals surface area contributed by atoms with Crippen LogP contribution in [0, 0.1) is 12.7 Å². The van der Waals surface area contributed by atoms with Crippen LogP contribution in [0.25, 0.3) is 0 Å². The van der Waals surface area contributed by atoms with Crippen molar-refractivity contribution in [3.63, 3.8) is 0 Å². The normalized spacial score (nSPS) is 10.4. The summed E-state index contributed by atoms with van der Waals surface area (Å²) in [5, 5.41) is 9.22. The minimum Gasteiger partial charge on any atom is -0.339 e. The second-order valence-corrected chi connectivity index (χ2v) is 6.27. The van der Waals surface area contributed by atoms with Gasteiger partial charge >= 0.3 is 0 Å². The van der Waals surface area contributed by atoms with Crippen LogP contribution < -0.4 is 16.0 Å². The lowest BCUT2D eigenvalue weighted by Gasteiger charge is -2.12. The number of benzene rings is 2. The molecule has 3 N–H and O–H groups in total. The highest BCUT2D eigenvalue weighted by Gasteiger charge is 2.08. The van der Waals surface area contributed by atoms with Gasteiger partial charge in [-0.25, -0.2) is 9.37 Å². The van der Waals surface area contributed by atoms with Gasteiger partial charge in [0.05, 0.1) is 6.20 Å². The molecule has 0 unspecified atom stereocenters. The lowest BCUT2D eigenvalue weighted by atomic mass is 10.1. The first-order valence-electron chi connectivity index (χ1n) is 8.11. The van der Waals surface area contributed by atoms with Crippen molar-refractivity contribution in [2.75, 3.05) is 16.0 Å². The third kappa shape index (κ3) is 4.92. The molecule has 1 amide bonds. The Hall–Kier alpha value is -3.19. The summed E-state index contributed by atoms with van der Waals surface area (Å²) in [5.74, 6) is 0.286. The number of halogens is 2. The predicted octanol–water partition coefficient (Wildman–Crippen LogP) is 5.02. The Morgan fingerprint density at radius 3 is 2.44 bits per heavy atom. The molecule has 0 saturated carbocycles. The van der Waals surface area contributed by atoms with Gasteiger partial charge in [0.25, 0.3) is 0 Å². The van der Waals surface area contributed by atoms with Crippen LogP contribution in [0.1, 0.15) is 12.5 Å². The number of carbonyl (C=O) groups is 1. The maximum absolute atomic E-state index is 13.0. The first-order valence-corrected chi connectivity index (χ1v) is 8.49. The van der Waals surface area contributed by atoms with Crippen LogP contribution in [0.2, 0.25) is 5.02 Å². The van der Waals surface area contributed by atoms with Gasteiger partial charge in [0.15, 0.2) is 5.82 Å². The molecule has 0 fully saturated rings. The summed E-state index contributed by atoms with van der Waals surface area (Å²) < 4.78 is 13.0. The first-order chi connectivity index (χ1) is 12.9. The molecule has 1 heterocycles. The van der Waals surface area contributed by atoms with Crippen LogP contribution in [0.4, 0.5) is 33.2 Å². The van der Waals surface area contributed by atoms with Gasteiger partial charge in [0, 0.05) is 24.0 Å². The lowest BCUT2D eigenvalue weighted by molar-refractivity contribution is -0.114. The molecule has 0 spiro atoms. The van der Waals surface area contributed by atoms with Crippen LogP contribution in [0.15, 0.2) is 48.7 Å². The van der Waals surface area contributed by atoms with E-state index in [1.807, 2.05) is 19.1 Å². The Bertz CT molecular complexity index is 978. The van der Waals surface area contributed by atoms with E-state index < -0.39 is 0 Å². The fourth-order valence-electron chi connectivity index (χ4n) is 2.39. The molecule has 0 aliphatic rings. The molecule has 0 radical (unpaired) electrons. The van der Waals surface area contributed by atoms with E-state index in [1.165, 1.54) is 25.3 Å². The van der Waals surface area contributed by atoms with Gasteiger partial charge in [-0.05, 0) is 55.0 Å². The largest absolute Gasteiger partial charge is 0.339 e. The average molecular weight is 386 g/mol. The lowest BCUT2D eigenvalue weighted by Crippen LogP contribution is -2.07. The van der Waals surface area contributed by atoms with E-state index in [1.54, 1.807) is 18.2 Å². The zero-order valence-corrected chi connectivity index (χ0v) is 15.4. The number of amides is 1. The van der Waals surface area contributed by atoms with Crippen molar-refractivity contribution in [1.82, 2.24) is 9.97 Å². The third-order valence-electron chi connectivity index (χ3n) is 3.64. The van der Waals surface area contributed by atoms with Crippen molar-refractivity contribution in [3.05, 3.63) is 65.1 Å². The average Bonchev–Trinajstić information content (AvgIpc) is 2.62. The van der Waals surface area contributed by atoms with Crippen LogP contribution in [-0.4, -0.2) is 15.9 Å². The monoisotopic (exact) mass is 385 g/mol. The minimum absolute atomic E-state index is 0.128. The summed E-state index contributed by atoms with van der Waals surface area (Å²) >= 11 is 6.15. The molecule has 6 nitrogen and oxygen atoms in total. The standard InChI is InChI=1S/C19H17ClFN5O/c1-11-9-15(7-8-17(11)23-12(2)27)25-19-22-10-16(20)18(26-19)24-14-5-3-13(21)4-6-14/h3-10H,1-2H3,(H,23,27)(H2,22,24,25,26). The topological polar surface area (TPSA) is 78.9 Å². The zero-order valence-electron chi connectivity index (χ0n) is 14.7. The first kappa shape index (κ1) is 18.6. The fraction of sp³-hybridized carbons (Fsp3) is 0.105. The van der Waals surface area contributed by atoms with E-state index in [0.29, 0.717) is 22.5 Å². The van der Waals surface area contributed by atoms with Gasteiger partial charge in [-0.3, -0.25) is 4.79 Å². The van der Waals surface area contributed by atoms with Crippen molar-refractivity contribution in [1.29, 1.82) is 0 Å². The Morgan fingerprint density at radius 1 is 1.07 bits per heavy atom. The van der Waals surface area contributed by atoms with Gasteiger partial charge in [-0.1, -0.05) is 11.6 Å². The maximum Gasteiger partial charge on any atom is 0.229 e. The van der Waals surface area contributed by atoms with E-state index in [4.69, 9.17) is 11.6 Å². The van der Waals surface area contributed by atoms with E-state index in [2.05, 4.69) is 25.9 Å². The van der Waals surface area contributed by atoms with Gasteiger partial charge in [-0.15, -0.1) is 0 Å². The number of aromatic nitrogens is 2. The van der Waals surface area contributed by atoms with E-state index in [-0.39, 0.29) is 11.7 Å². The smallest absolute Gasteiger partial charge is 0.229 e. The van der Waals surface area contributed by atoms with E-state index in [9.17, 15) is 9.18 Å². The van der Waals surface area contributed by atoms with Gasteiger partial charge in [-0.2, -0.15) is 4.98 Å². The molecule has 1 aromatic heterocycles. The van der Waals surface area contributed by atoms with Crippen molar-refractivity contribution in [2.45, 2.75) is 13.8 Å². The molecular formula is C19H17ClFN5O. The van der Waals surface area contributed by atoms with Crippen molar-refractivity contribution in [3.8, 4) is 0 Å². The number of carbonyl (C=O) groups excluding carboxylic acids is 1. The van der Waals surface area contributed by atoms with Crippen molar-refractivity contribution < 1.29 is 9.18 Å². The number of hydrogen-bond acceptors (Lipinski definition) is 5. The number of nitrogens with zero attached hydrogens (tertiary/aromatic N) is 2. The van der Waals surface area contributed by atoms with Crippen molar-refractivity contribution in [2.24, 2.45) is 0 Å². The molecule has 3 rings (SSSR count). The highest BCUT2D eigenvalue weighted by molar-refractivity contribution is 6.32. The molecule has 0 aliphatic carbocycles. The zero-order chi connectivity index (χ0) is 19.4. The second-order valence-electron chi connectivity index (χ2n) is 5.86. The predicted molar refractivity (Wildman–Crippen MR) is 105 cm³/mol. The molecular weight excluding hydrogens is 369 g/mol. The molecule has 0 bridgehead atoms. The Balaban J connectivity index is 1.78. The number of nitrogens with one attached hydrogen (secondary N) is 3. The van der Waals surface area contributed by atoms with Gasteiger partial charge < -0.3 is 16.0 Å². The second kappa shape index (κ2) is 8.01. The third-order valence-corrected chi connectivity index (χ3v) is 3.92. The maximum atomic E-state index is 13.0. The SMILES string of the molecule is CC(=O)Nc1ccc(Nc2ncc(Cl)c(Nc3ccc(F)cc3)n2)cc1C. The molecule has 8 heteroatoms. The summed E-state index contributed by atoms with van der Waals surface area (Å²) in [4.78, 5) is 19.7.